The van der Waals surface area contributed by atoms with Crippen molar-refractivity contribution in [2.75, 3.05) is 0 Å². The third kappa shape index (κ3) is 3.31. The molecule has 1 atom stereocenters. The van der Waals surface area contributed by atoms with Crippen molar-refractivity contribution < 1.29 is 0 Å². The van der Waals surface area contributed by atoms with Crippen molar-refractivity contribution in [2.24, 2.45) is 5.92 Å². The van der Waals surface area contributed by atoms with Crippen LogP contribution in [0.4, 0.5) is 0 Å². The Morgan fingerprint density at radius 2 is 1.52 bits per heavy atom. The van der Waals surface area contributed by atoms with Crippen LogP contribution in [0.3, 0.4) is 0 Å². The predicted molar refractivity (Wildman–Crippen MR) is 108 cm³/mol. The summed E-state index contributed by atoms with van der Waals surface area (Å²) in [4.78, 5) is 0. The van der Waals surface area contributed by atoms with Crippen LogP contribution < -0.4 is 0 Å². The first-order valence-corrected chi connectivity index (χ1v) is 9.78. The molecule has 126 valence electrons. The molecule has 1 aromatic carbocycles. The lowest BCUT2D eigenvalue weighted by molar-refractivity contribution is 0.826. The van der Waals surface area contributed by atoms with Gasteiger partial charge < -0.3 is 0 Å². The smallest absolute Gasteiger partial charge is 0.0272 e. The van der Waals surface area contributed by atoms with Crippen LogP contribution in [-0.2, 0) is 0 Å². The van der Waals surface area contributed by atoms with Crippen molar-refractivity contribution in [3.05, 3.63) is 44.9 Å². The minimum Gasteiger partial charge on any atom is -0.126 e. The van der Waals surface area contributed by atoms with Gasteiger partial charge in [0.2, 0.25) is 0 Å². The van der Waals surface area contributed by atoms with E-state index in [-0.39, 0.29) is 0 Å². The van der Waals surface area contributed by atoms with Crippen molar-refractivity contribution in [3.8, 4) is 0 Å². The Balaban J connectivity index is 2.98. The van der Waals surface area contributed by atoms with Gasteiger partial charge in [-0.2, -0.15) is 0 Å². The van der Waals surface area contributed by atoms with E-state index in [2.05, 4.69) is 73.8 Å². The fourth-order valence-electron chi connectivity index (χ4n) is 3.44. The Morgan fingerprint density at radius 1 is 0.913 bits per heavy atom. The molecular weight excluding hydrogens is 296 g/mol. The van der Waals surface area contributed by atoms with Crippen molar-refractivity contribution in [1.82, 2.24) is 0 Å². The van der Waals surface area contributed by atoms with Crippen molar-refractivity contribution in [3.63, 3.8) is 0 Å². The Bertz CT molecular complexity index is 672. The molecule has 2 rings (SSSR count). The summed E-state index contributed by atoms with van der Waals surface area (Å²) >= 11 is 1.97. The highest BCUT2D eigenvalue weighted by molar-refractivity contribution is 8.03. The van der Waals surface area contributed by atoms with E-state index in [0.717, 1.165) is 0 Å². The minimum atomic E-state index is 0.541. The second-order valence-corrected chi connectivity index (χ2v) is 8.84. The molecule has 0 aliphatic carbocycles. The van der Waals surface area contributed by atoms with E-state index in [1.54, 1.807) is 0 Å². The summed E-state index contributed by atoms with van der Waals surface area (Å²) in [7, 11) is 0. The summed E-state index contributed by atoms with van der Waals surface area (Å²) in [5, 5.41) is 2.98. The Hall–Kier alpha value is -0.950. The first kappa shape index (κ1) is 18.4. The topological polar surface area (TPSA) is 0 Å². The maximum atomic E-state index is 2.44. The average Bonchev–Trinajstić information content (AvgIpc) is 2.47. The summed E-state index contributed by atoms with van der Waals surface area (Å²) in [6.07, 6.45) is 0. The largest absolute Gasteiger partial charge is 0.126 e. The quantitative estimate of drug-likeness (QED) is 0.546. The highest BCUT2D eigenvalue weighted by Gasteiger charge is 2.25. The van der Waals surface area contributed by atoms with Gasteiger partial charge in [-0.3, -0.25) is 0 Å². The summed E-state index contributed by atoms with van der Waals surface area (Å²) < 4.78 is 0. The Labute approximate surface area is 147 Å². The first-order chi connectivity index (χ1) is 10.7. The predicted octanol–water partition coefficient (Wildman–Crippen LogP) is 7.35. The maximum absolute atomic E-state index is 2.44. The van der Waals surface area contributed by atoms with Gasteiger partial charge in [-0.1, -0.05) is 39.3 Å². The Kier molecular flexibility index (Phi) is 5.51. The lowest BCUT2D eigenvalue weighted by Crippen LogP contribution is -2.12. The fourth-order valence-corrected chi connectivity index (χ4v) is 4.56. The van der Waals surface area contributed by atoms with E-state index in [1.807, 2.05) is 11.8 Å². The van der Waals surface area contributed by atoms with E-state index in [4.69, 9.17) is 0 Å². The van der Waals surface area contributed by atoms with Gasteiger partial charge in [-0.15, -0.1) is 11.8 Å². The van der Waals surface area contributed by atoms with Crippen LogP contribution in [0, 0.1) is 19.8 Å². The zero-order valence-corrected chi connectivity index (χ0v) is 17.1. The van der Waals surface area contributed by atoms with Gasteiger partial charge in [-0.05, 0) is 90.8 Å². The van der Waals surface area contributed by atoms with Crippen molar-refractivity contribution >= 4 is 22.9 Å². The molecule has 0 amide bonds. The molecule has 0 nitrogen and oxygen atoms in total. The number of rotatable bonds is 2. The van der Waals surface area contributed by atoms with Gasteiger partial charge >= 0.3 is 0 Å². The second kappa shape index (κ2) is 6.89. The highest BCUT2D eigenvalue weighted by atomic mass is 32.2. The van der Waals surface area contributed by atoms with Gasteiger partial charge in [-0.25, -0.2) is 0 Å². The van der Waals surface area contributed by atoms with Gasteiger partial charge in [0.15, 0.2) is 0 Å². The number of aryl methyl sites for hydroxylation is 1. The normalized spacial score (nSPS) is 24.3. The Morgan fingerprint density at radius 3 is 2.04 bits per heavy atom. The van der Waals surface area contributed by atoms with Crippen LogP contribution in [0.2, 0.25) is 0 Å². The molecule has 1 aliphatic rings. The van der Waals surface area contributed by atoms with E-state index in [0.29, 0.717) is 17.1 Å². The molecule has 0 radical (unpaired) electrons. The molecule has 0 fully saturated rings. The third-order valence-corrected chi connectivity index (χ3v) is 6.54. The number of hydrogen-bond acceptors (Lipinski definition) is 1. The van der Waals surface area contributed by atoms with Crippen LogP contribution in [0.5, 0.6) is 0 Å². The summed E-state index contributed by atoms with van der Waals surface area (Å²) in [6.45, 7) is 20.8. The summed E-state index contributed by atoms with van der Waals surface area (Å²) in [6, 6.07) is 2.42. The lowest BCUT2D eigenvalue weighted by atomic mass is 9.79. The third-order valence-electron chi connectivity index (χ3n) is 5.39. The SMILES string of the molecule is C/C1=C(\C)[C@H](C)S/C=C(/C(C)C)c2c(C(C)C)cc(C)c(C)c21. The molecule has 1 heteroatoms. The zero-order chi connectivity index (χ0) is 17.5. The molecule has 0 unspecified atom stereocenters. The average molecular weight is 329 g/mol. The number of fused-ring (bicyclic) bond motifs is 1. The summed E-state index contributed by atoms with van der Waals surface area (Å²) in [5.74, 6) is 1.08. The molecule has 0 spiro atoms. The molecule has 0 saturated carbocycles. The number of hydrogen-bond donors (Lipinski definition) is 0. The molecular formula is C22H32S. The monoisotopic (exact) mass is 328 g/mol. The van der Waals surface area contributed by atoms with Crippen LogP contribution in [0.15, 0.2) is 17.0 Å². The number of benzene rings is 1. The molecule has 0 N–H and O–H groups in total. The zero-order valence-electron chi connectivity index (χ0n) is 16.3. The van der Waals surface area contributed by atoms with Gasteiger partial charge in [0.05, 0.1) is 0 Å². The fraction of sp³-hybridized carbons (Fsp3) is 0.545. The molecule has 1 aliphatic heterocycles. The van der Waals surface area contributed by atoms with Gasteiger partial charge in [0.25, 0.3) is 0 Å². The minimum absolute atomic E-state index is 0.541. The van der Waals surface area contributed by atoms with Crippen molar-refractivity contribution in [1.29, 1.82) is 0 Å². The van der Waals surface area contributed by atoms with Crippen LogP contribution in [0.1, 0.15) is 82.2 Å². The van der Waals surface area contributed by atoms with E-state index in [1.165, 1.54) is 44.5 Å². The van der Waals surface area contributed by atoms with Gasteiger partial charge in [0.1, 0.15) is 0 Å². The number of thioether (sulfide) groups is 1. The van der Waals surface area contributed by atoms with Crippen LogP contribution in [0.25, 0.3) is 11.1 Å². The molecule has 23 heavy (non-hydrogen) atoms. The molecule has 0 saturated heterocycles. The highest BCUT2D eigenvalue weighted by Crippen LogP contribution is 2.44. The molecule has 1 heterocycles. The lowest BCUT2D eigenvalue weighted by Gasteiger charge is -2.29. The first-order valence-electron chi connectivity index (χ1n) is 8.84. The summed E-state index contributed by atoms with van der Waals surface area (Å²) in [5.41, 5.74) is 11.9. The van der Waals surface area contributed by atoms with Crippen LogP contribution >= 0.6 is 11.8 Å². The molecule has 0 bridgehead atoms. The van der Waals surface area contributed by atoms with Crippen LogP contribution in [-0.4, -0.2) is 5.25 Å². The maximum Gasteiger partial charge on any atom is 0.0272 e. The molecule has 0 aromatic heterocycles. The van der Waals surface area contributed by atoms with E-state index < -0.39 is 0 Å². The molecule has 1 aromatic rings. The van der Waals surface area contributed by atoms with Crippen molar-refractivity contribution in [2.45, 2.75) is 73.5 Å². The van der Waals surface area contributed by atoms with E-state index >= 15 is 0 Å². The van der Waals surface area contributed by atoms with E-state index in [9.17, 15) is 0 Å². The van der Waals surface area contributed by atoms with Gasteiger partial charge in [0, 0.05) is 5.25 Å². The second-order valence-electron chi connectivity index (χ2n) is 7.63. The number of allylic oxidation sites excluding steroid dienone is 2. The standard InChI is InChI=1S/C22H32S/c1-12(2)19-10-14(5)15(6)21-17(8)16(7)18(9)23-11-20(13(3)4)22(19)21/h10-13,18H,1-9H3/b17-16-,20-11-/t18-/m0/s1.